The van der Waals surface area contributed by atoms with Crippen LogP contribution in [0.25, 0.3) is 0 Å². The second-order valence-electron chi connectivity index (χ2n) is 2.67. The maximum absolute atomic E-state index is 11.5. The van der Waals surface area contributed by atoms with Gasteiger partial charge in [0.05, 0.1) is 12.3 Å². The van der Waals surface area contributed by atoms with Gasteiger partial charge in [-0.3, -0.25) is 4.57 Å². The summed E-state index contributed by atoms with van der Waals surface area (Å²) in [4.78, 5) is 0. The zero-order valence-electron chi connectivity index (χ0n) is 8.10. The van der Waals surface area contributed by atoms with E-state index in [2.05, 4.69) is 6.58 Å². The van der Waals surface area contributed by atoms with Crippen molar-refractivity contribution in [2.75, 3.05) is 20.4 Å². The Bertz CT molecular complexity index is 185. The van der Waals surface area contributed by atoms with Gasteiger partial charge < -0.3 is 14.2 Å². The lowest BCUT2D eigenvalue weighted by Crippen LogP contribution is -2.08. The molecule has 78 valence electrons. The van der Waals surface area contributed by atoms with E-state index in [1.807, 2.05) is 0 Å². The molecule has 0 aliphatic heterocycles. The summed E-state index contributed by atoms with van der Waals surface area (Å²) in [5, 5.41) is 9.30. The zero-order valence-corrected chi connectivity index (χ0v) is 9.00. The third-order valence-corrected chi connectivity index (χ3v) is 3.65. The molecule has 1 unspecified atom stereocenters. The maximum Gasteiger partial charge on any atom is 0.330 e. The molecule has 0 spiro atoms. The van der Waals surface area contributed by atoms with Crippen LogP contribution in [0.5, 0.6) is 0 Å². The fraction of sp³-hybridized carbons (Fsp3) is 0.750. The normalized spacial score (nSPS) is 14.1. The van der Waals surface area contributed by atoms with Crippen molar-refractivity contribution in [3.63, 3.8) is 0 Å². The fourth-order valence-electron chi connectivity index (χ4n) is 0.874. The van der Waals surface area contributed by atoms with Crippen LogP contribution < -0.4 is 0 Å². The Kier molecular flexibility index (Phi) is 6.25. The van der Waals surface area contributed by atoms with Gasteiger partial charge in [0.2, 0.25) is 0 Å². The van der Waals surface area contributed by atoms with Gasteiger partial charge >= 0.3 is 7.60 Å². The highest BCUT2D eigenvalue weighted by Gasteiger charge is 2.21. The lowest BCUT2D eigenvalue weighted by Gasteiger charge is -2.14. The molecule has 0 aromatic heterocycles. The van der Waals surface area contributed by atoms with Gasteiger partial charge in [0.15, 0.2) is 0 Å². The van der Waals surface area contributed by atoms with E-state index in [0.29, 0.717) is 12.8 Å². The summed E-state index contributed by atoms with van der Waals surface area (Å²) in [6.07, 6.45) is 2.22. The second-order valence-corrected chi connectivity index (χ2v) is 5.07. The molecule has 1 N–H and O–H groups in total. The third-order valence-electron chi connectivity index (χ3n) is 1.73. The van der Waals surface area contributed by atoms with Crippen LogP contribution in [0.1, 0.15) is 12.8 Å². The molecule has 0 amide bonds. The van der Waals surface area contributed by atoms with Crippen molar-refractivity contribution in [3.05, 3.63) is 12.7 Å². The van der Waals surface area contributed by atoms with E-state index in [1.54, 1.807) is 6.08 Å². The minimum absolute atomic E-state index is 0.231. The molecule has 13 heavy (non-hydrogen) atoms. The molecule has 0 rings (SSSR count). The molecular weight excluding hydrogens is 191 g/mol. The molecule has 0 bridgehead atoms. The van der Waals surface area contributed by atoms with Gasteiger partial charge in [-0.05, 0) is 12.8 Å². The lowest BCUT2D eigenvalue weighted by atomic mass is 10.2. The maximum atomic E-state index is 11.5. The van der Waals surface area contributed by atoms with Crippen molar-refractivity contribution in [3.8, 4) is 0 Å². The smallest absolute Gasteiger partial charge is 0.330 e. The summed E-state index contributed by atoms with van der Waals surface area (Å²) in [6.45, 7) is 3.49. The molecular formula is C8H17O4P. The minimum Gasteiger partial charge on any atom is -0.393 e. The molecule has 0 aliphatic carbocycles. The first kappa shape index (κ1) is 12.8. The van der Waals surface area contributed by atoms with Crippen LogP contribution in [-0.2, 0) is 13.6 Å². The van der Waals surface area contributed by atoms with Crippen molar-refractivity contribution < 1.29 is 18.7 Å². The van der Waals surface area contributed by atoms with Crippen LogP contribution in [0, 0.1) is 0 Å². The SMILES string of the molecule is C=CCC(O)CCP(=O)(OC)OC. The molecule has 0 saturated heterocycles. The summed E-state index contributed by atoms with van der Waals surface area (Å²) >= 11 is 0. The van der Waals surface area contributed by atoms with Gasteiger partial charge in [-0.15, -0.1) is 6.58 Å². The largest absolute Gasteiger partial charge is 0.393 e. The first-order valence-electron chi connectivity index (χ1n) is 4.07. The van der Waals surface area contributed by atoms with E-state index in [9.17, 15) is 9.67 Å². The van der Waals surface area contributed by atoms with Crippen molar-refractivity contribution in [2.45, 2.75) is 18.9 Å². The quantitative estimate of drug-likeness (QED) is 0.512. The van der Waals surface area contributed by atoms with Crippen LogP contribution in [0.4, 0.5) is 0 Å². The Morgan fingerprint density at radius 3 is 2.46 bits per heavy atom. The average molecular weight is 208 g/mol. The molecule has 0 aromatic carbocycles. The first-order chi connectivity index (χ1) is 6.08. The molecule has 4 nitrogen and oxygen atoms in total. The molecule has 0 heterocycles. The highest BCUT2D eigenvalue weighted by Crippen LogP contribution is 2.47. The molecule has 0 aromatic rings. The summed E-state index contributed by atoms with van der Waals surface area (Å²) in [7, 11) is -0.278. The predicted molar refractivity (Wildman–Crippen MR) is 51.9 cm³/mol. The molecule has 5 heteroatoms. The molecule has 0 radical (unpaired) electrons. The van der Waals surface area contributed by atoms with E-state index in [-0.39, 0.29) is 6.16 Å². The number of aliphatic hydroxyl groups excluding tert-OH is 1. The zero-order chi connectivity index (χ0) is 10.3. The lowest BCUT2D eigenvalue weighted by molar-refractivity contribution is 0.170. The van der Waals surface area contributed by atoms with Crippen LogP contribution in [-0.4, -0.2) is 31.6 Å². The summed E-state index contributed by atoms with van der Waals surface area (Å²) in [5.41, 5.74) is 0. The molecule has 1 atom stereocenters. The van der Waals surface area contributed by atoms with Gasteiger partial charge in [-0.2, -0.15) is 0 Å². The number of rotatable bonds is 7. The van der Waals surface area contributed by atoms with Crippen molar-refractivity contribution in [2.24, 2.45) is 0 Å². The van der Waals surface area contributed by atoms with Crippen LogP contribution in [0.2, 0.25) is 0 Å². The van der Waals surface area contributed by atoms with Crippen molar-refractivity contribution in [1.82, 2.24) is 0 Å². The average Bonchev–Trinajstić information content (AvgIpc) is 2.15. The van der Waals surface area contributed by atoms with E-state index >= 15 is 0 Å². The van der Waals surface area contributed by atoms with Crippen molar-refractivity contribution in [1.29, 1.82) is 0 Å². The minimum atomic E-state index is -2.95. The number of hydrogen-bond acceptors (Lipinski definition) is 4. The van der Waals surface area contributed by atoms with Crippen LogP contribution in [0.15, 0.2) is 12.7 Å². The third kappa shape index (κ3) is 5.21. The van der Waals surface area contributed by atoms with Gasteiger partial charge in [0.25, 0.3) is 0 Å². The Morgan fingerprint density at radius 2 is 2.08 bits per heavy atom. The van der Waals surface area contributed by atoms with E-state index in [0.717, 1.165) is 0 Å². The number of hydrogen-bond donors (Lipinski definition) is 1. The predicted octanol–water partition coefficient (Wildman–Crippen LogP) is 1.80. The highest BCUT2D eigenvalue weighted by molar-refractivity contribution is 7.53. The Morgan fingerprint density at radius 1 is 1.54 bits per heavy atom. The monoisotopic (exact) mass is 208 g/mol. The van der Waals surface area contributed by atoms with Gasteiger partial charge in [0.1, 0.15) is 0 Å². The van der Waals surface area contributed by atoms with Crippen LogP contribution in [0.3, 0.4) is 0 Å². The topological polar surface area (TPSA) is 55.8 Å². The molecule has 0 saturated carbocycles. The highest BCUT2D eigenvalue weighted by atomic mass is 31.2. The Balaban J connectivity index is 3.85. The standard InChI is InChI=1S/C8H17O4P/c1-4-5-8(9)6-7-13(10,11-2)12-3/h4,8-9H,1,5-7H2,2-3H3. The van der Waals surface area contributed by atoms with E-state index in [1.165, 1.54) is 14.2 Å². The van der Waals surface area contributed by atoms with Gasteiger partial charge in [-0.1, -0.05) is 6.08 Å². The van der Waals surface area contributed by atoms with Gasteiger partial charge in [0, 0.05) is 14.2 Å². The molecule has 0 fully saturated rings. The first-order valence-corrected chi connectivity index (χ1v) is 5.80. The van der Waals surface area contributed by atoms with Crippen LogP contribution >= 0.6 is 7.60 Å². The summed E-state index contributed by atoms with van der Waals surface area (Å²) < 4.78 is 20.9. The van der Waals surface area contributed by atoms with E-state index in [4.69, 9.17) is 9.05 Å². The summed E-state index contributed by atoms with van der Waals surface area (Å²) in [6, 6.07) is 0. The van der Waals surface area contributed by atoms with Gasteiger partial charge in [-0.25, -0.2) is 0 Å². The summed E-state index contributed by atoms with van der Waals surface area (Å²) in [5.74, 6) is 0. The number of aliphatic hydroxyl groups is 1. The second kappa shape index (κ2) is 6.33. The van der Waals surface area contributed by atoms with Crippen molar-refractivity contribution >= 4 is 7.60 Å². The fourth-order valence-corrected chi connectivity index (χ4v) is 2.00. The Labute approximate surface area is 79.1 Å². The van der Waals surface area contributed by atoms with E-state index < -0.39 is 13.7 Å². The molecule has 0 aliphatic rings. The Hall–Kier alpha value is -0.150.